The minimum Gasteiger partial charge on any atom is -0.481 e. The summed E-state index contributed by atoms with van der Waals surface area (Å²) in [6.45, 7) is 3.25. The quantitative estimate of drug-likeness (QED) is 0.501. The highest BCUT2D eigenvalue weighted by Gasteiger charge is 2.10. The maximum atomic E-state index is 11.5. The average molecular weight is 244 g/mol. The van der Waals surface area contributed by atoms with Gasteiger partial charge in [-0.1, -0.05) is 19.8 Å². The molecule has 0 bridgehead atoms. The molecule has 100 valence electrons. The van der Waals surface area contributed by atoms with E-state index in [9.17, 15) is 9.59 Å². The van der Waals surface area contributed by atoms with Gasteiger partial charge < -0.3 is 15.7 Å². The Labute approximate surface area is 103 Å². The lowest BCUT2D eigenvalue weighted by Gasteiger charge is -2.11. The van der Waals surface area contributed by atoms with Crippen LogP contribution in [0.5, 0.6) is 0 Å². The zero-order chi connectivity index (χ0) is 13.1. The van der Waals surface area contributed by atoms with E-state index >= 15 is 0 Å². The SMILES string of the molecule is CNCC(C)C(=O)NCCCCCCC(=O)O. The molecular formula is C12H24N2O3. The number of rotatable bonds is 10. The highest BCUT2D eigenvalue weighted by molar-refractivity contribution is 5.78. The number of carboxylic acid groups (broad SMARTS) is 1. The zero-order valence-electron chi connectivity index (χ0n) is 10.8. The van der Waals surface area contributed by atoms with Crippen molar-refractivity contribution in [1.29, 1.82) is 0 Å². The van der Waals surface area contributed by atoms with Gasteiger partial charge in [-0.05, 0) is 19.9 Å². The Bertz CT molecular complexity index is 232. The molecule has 0 heterocycles. The monoisotopic (exact) mass is 244 g/mol. The van der Waals surface area contributed by atoms with Gasteiger partial charge in [-0.3, -0.25) is 9.59 Å². The van der Waals surface area contributed by atoms with Gasteiger partial charge in [0.2, 0.25) is 5.91 Å². The second kappa shape index (κ2) is 10.1. The molecule has 5 heteroatoms. The zero-order valence-corrected chi connectivity index (χ0v) is 10.8. The molecule has 0 aliphatic carbocycles. The largest absolute Gasteiger partial charge is 0.481 e. The number of carbonyl (C=O) groups excluding carboxylic acids is 1. The molecule has 0 aromatic rings. The molecule has 1 unspecified atom stereocenters. The summed E-state index contributed by atoms with van der Waals surface area (Å²) in [5, 5.41) is 14.3. The summed E-state index contributed by atoms with van der Waals surface area (Å²) >= 11 is 0. The first-order chi connectivity index (χ1) is 8.07. The smallest absolute Gasteiger partial charge is 0.303 e. The molecule has 0 spiro atoms. The lowest BCUT2D eigenvalue weighted by atomic mass is 10.1. The van der Waals surface area contributed by atoms with Crippen LogP contribution < -0.4 is 10.6 Å². The molecule has 0 radical (unpaired) electrons. The van der Waals surface area contributed by atoms with E-state index in [1.807, 2.05) is 14.0 Å². The fourth-order valence-electron chi connectivity index (χ4n) is 1.54. The lowest BCUT2D eigenvalue weighted by molar-refractivity contribution is -0.137. The molecule has 3 N–H and O–H groups in total. The van der Waals surface area contributed by atoms with Gasteiger partial charge in [0.25, 0.3) is 0 Å². The topological polar surface area (TPSA) is 78.4 Å². The van der Waals surface area contributed by atoms with E-state index in [0.29, 0.717) is 13.1 Å². The van der Waals surface area contributed by atoms with Gasteiger partial charge in [-0.2, -0.15) is 0 Å². The summed E-state index contributed by atoms with van der Waals surface area (Å²) in [5.74, 6) is -0.670. The van der Waals surface area contributed by atoms with E-state index in [-0.39, 0.29) is 18.2 Å². The van der Waals surface area contributed by atoms with Crippen LogP contribution in [-0.4, -0.2) is 37.1 Å². The van der Waals surface area contributed by atoms with Gasteiger partial charge in [-0.15, -0.1) is 0 Å². The molecule has 0 rings (SSSR count). The van der Waals surface area contributed by atoms with Crippen molar-refractivity contribution in [1.82, 2.24) is 10.6 Å². The van der Waals surface area contributed by atoms with E-state index in [0.717, 1.165) is 25.7 Å². The first-order valence-corrected chi connectivity index (χ1v) is 6.22. The van der Waals surface area contributed by atoms with E-state index in [4.69, 9.17) is 5.11 Å². The average Bonchev–Trinajstić information content (AvgIpc) is 2.27. The van der Waals surface area contributed by atoms with Crippen molar-refractivity contribution in [2.45, 2.75) is 39.0 Å². The Morgan fingerprint density at radius 2 is 1.82 bits per heavy atom. The van der Waals surface area contributed by atoms with Crippen molar-refractivity contribution in [2.75, 3.05) is 20.1 Å². The summed E-state index contributed by atoms with van der Waals surface area (Å²) in [6.07, 6.45) is 3.75. The predicted molar refractivity (Wildman–Crippen MR) is 66.8 cm³/mol. The van der Waals surface area contributed by atoms with Crippen molar-refractivity contribution >= 4 is 11.9 Å². The standard InChI is InChI=1S/C12H24N2O3/c1-10(9-13-2)12(17)14-8-6-4-3-5-7-11(15)16/h10,13H,3-9H2,1-2H3,(H,14,17)(H,15,16). The van der Waals surface area contributed by atoms with Gasteiger partial charge >= 0.3 is 5.97 Å². The Balaban J connectivity index is 3.33. The fourth-order valence-corrected chi connectivity index (χ4v) is 1.54. The van der Waals surface area contributed by atoms with Crippen LogP contribution >= 0.6 is 0 Å². The number of unbranched alkanes of at least 4 members (excludes halogenated alkanes) is 3. The summed E-state index contributed by atoms with van der Waals surface area (Å²) < 4.78 is 0. The van der Waals surface area contributed by atoms with E-state index in [1.165, 1.54) is 0 Å². The normalized spacial score (nSPS) is 12.1. The molecule has 1 atom stereocenters. The maximum Gasteiger partial charge on any atom is 0.303 e. The van der Waals surface area contributed by atoms with Gasteiger partial charge in [-0.25, -0.2) is 0 Å². The molecule has 5 nitrogen and oxygen atoms in total. The minimum absolute atomic E-state index is 0.00740. The van der Waals surface area contributed by atoms with Crippen LogP contribution in [0, 0.1) is 5.92 Å². The van der Waals surface area contributed by atoms with Crippen molar-refractivity contribution in [3.05, 3.63) is 0 Å². The fraction of sp³-hybridized carbons (Fsp3) is 0.833. The number of aliphatic carboxylic acids is 1. The maximum absolute atomic E-state index is 11.5. The van der Waals surface area contributed by atoms with Crippen molar-refractivity contribution in [3.63, 3.8) is 0 Å². The van der Waals surface area contributed by atoms with Gasteiger partial charge in [0, 0.05) is 25.4 Å². The van der Waals surface area contributed by atoms with Crippen LogP contribution in [0.2, 0.25) is 0 Å². The van der Waals surface area contributed by atoms with Crippen LogP contribution in [-0.2, 0) is 9.59 Å². The van der Waals surface area contributed by atoms with Crippen LogP contribution in [0.15, 0.2) is 0 Å². The lowest BCUT2D eigenvalue weighted by Crippen LogP contribution is -2.34. The van der Waals surface area contributed by atoms with Crippen molar-refractivity contribution < 1.29 is 14.7 Å². The third-order valence-corrected chi connectivity index (χ3v) is 2.57. The van der Waals surface area contributed by atoms with Crippen LogP contribution in [0.4, 0.5) is 0 Å². The molecule has 0 aliphatic heterocycles. The van der Waals surface area contributed by atoms with E-state index in [1.54, 1.807) is 0 Å². The number of amides is 1. The number of hydrogen-bond donors (Lipinski definition) is 3. The predicted octanol–water partition coefficient (Wildman–Crippen LogP) is 0.993. The Morgan fingerprint density at radius 1 is 1.18 bits per heavy atom. The molecular weight excluding hydrogens is 220 g/mol. The molecule has 0 aliphatic rings. The minimum atomic E-state index is -0.737. The second-order valence-electron chi connectivity index (χ2n) is 4.31. The molecule has 0 aromatic heterocycles. The molecule has 0 saturated heterocycles. The van der Waals surface area contributed by atoms with Gasteiger partial charge in [0.1, 0.15) is 0 Å². The summed E-state index contributed by atoms with van der Waals surface area (Å²) in [4.78, 5) is 21.7. The highest BCUT2D eigenvalue weighted by atomic mass is 16.4. The van der Waals surface area contributed by atoms with Crippen molar-refractivity contribution in [3.8, 4) is 0 Å². The van der Waals surface area contributed by atoms with Crippen molar-refractivity contribution in [2.24, 2.45) is 5.92 Å². The summed E-state index contributed by atoms with van der Waals surface area (Å²) in [6, 6.07) is 0. The molecule has 0 saturated carbocycles. The Morgan fingerprint density at radius 3 is 2.41 bits per heavy atom. The third kappa shape index (κ3) is 9.81. The number of hydrogen-bond acceptors (Lipinski definition) is 3. The number of carboxylic acids is 1. The molecule has 1 amide bonds. The molecule has 17 heavy (non-hydrogen) atoms. The molecule has 0 aromatic carbocycles. The van der Waals surface area contributed by atoms with E-state index in [2.05, 4.69) is 10.6 Å². The second-order valence-corrected chi connectivity index (χ2v) is 4.31. The summed E-state index contributed by atoms with van der Waals surface area (Å²) in [7, 11) is 1.83. The Hall–Kier alpha value is -1.10. The third-order valence-electron chi connectivity index (χ3n) is 2.57. The number of nitrogens with one attached hydrogen (secondary N) is 2. The van der Waals surface area contributed by atoms with Crippen LogP contribution in [0.3, 0.4) is 0 Å². The summed E-state index contributed by atoms with van der Waals surface area (Å²) in [5.41, 5.74) is 0. The van der Waals surface area contributed by atoms with E-state index < -0.39 is 5.97 Å². The van der Waals surface area contributed by atoms with Gasteiger partial charge in [0.05, 0.1) is 0 Å². The first-order valence-electron chi connectivity index (χ1n) is 6.22. The van der Waals surface area contributed by atoms with Crippen LogP contribution in [0.25, 0.3) is 0 Å². The molecule has 0 fully saturated rings. The number of carbonyl (C=O) groups is 2. The Kier molecular flexibility index (Phi) is 9.43. The highest BCUT2D eigenvalue weighted by Crippen LogP contribution is 2.02. The first kappa shape index (κ1) is 15.9. The van der Waals surface area contributed by atoms with Crippen LogP contribution in [0.1, 0.15) is 39.0 Å². The van der Waals surface area contributed by atoms with Gasteiger partial charge in [0.15, 0.2) is 0 Å².